The van der Waals surface area contributed by atoms with Crippen molar-refractivity contribution in [3.8, 4) is 5.75 Å². The molecule has 5 heteroatoms. The minimum atomic E-state index is -0.105. The Labute approximate surface area is 102 Å². The van der Waals surface area contributed by atoms with Gasteiger partial charge < -0.3 is 15.3 Å². The average Bonchev–Trinajstić information content (AvgIpc) is 2.29. The molecule has 0 unspecified atom stereocenters. The quantitative estimate of drug-likeness (QED) is 0.815. The summed E-state index contributed by atoms with van der Waals surface area (Å²) in [6.07, 6.45) is 0. The number of benzene rings is 1. The van der Waals surface area contributed by atoms with Crippen LogP contribution in [0.3, 0.4) is 0 Å². The molecule has 4 nitrogen and oxygen atoms in total. The first-order valence-electron chi connectivity index (χ1n) is 5.17. The minimum absolute atomic E-state index is 0.0258. The summed E-state index contributed by atoms with van der Waals surface area (Å²) in [5, 5.41) is 12.9. The van der Waals surface area contributed by atoms with E-state index >= 15 is 0 Å². The van der Waals surface area contributed by atoms with Crippen molar-refractivity contribution < 1.29 is 9.90 Å². The molecule has 0 saturated carbocycles. The van der Waals surface area contributed by atoms with Crippen molar-refractivity contribution in [1.82, 2.24) is 10.2 Å². The molecule has 86 valence electrons. The number of piperazine rings is 1. The van der Waals surface area contributed by atoms with Crippen molar-refractivity contribution in [3.05, 3.63) is 28.2 Å². The zero-order valence-electron chi connectivity index (χ0n) is 8.74. The zero-order chi connectivity index (χ0) is 11.5. The monoisotopic (exact) mass is 284 g/mol. The van der Waals surface area contributed by atoms with Crippen LogP contribution in [0.25, 0.3) is 0 Å². The van der Waals surface area contributed by atoms with E-state index in [4.69, 9.17) is 0 Å². The van der Waals surface area contributed by atoms with Crippen LogP contribution in [0.2, 0.25) is 0 Å². The number of phenols is 1. The molecule has 16 heavy (non-hydrogen) atoms. The van der Waals surface area contributed by atoms with Crippen molar-refractivity contribution in [1.29, 1.82) is 0 Å². The highest BCUT2D eigenvalue weighted by atomic mass is 79.9. The summed E-state index contributed by atoms with van der Waals surface area (Å²) < 4.78 is 0.766. The van der Waals surface area contributed by atoms with Crippen molar-refractivity contribution >= 4 is 21.8 Å². The van der Waals surface area contributed by atoms with Crippen LogP contribution >= 0.6 is 15.9 Å². The molecule has 1 heterocycles. The number of hydrogen-bond donors (Lipinski definition) is 2. The van der Waals surface area contributed by atoms with Crippen LogP contribution < -0.4 is 5.32 Å². The van der Waals surface area contributed by atoms with Gasteiger partial charge in [0.15, 0.2) is 0 Å². The SMILES string of the molecule is O=C(c1ccc(Br)cc1O)N1CCNCC1. The van der Waals surface area contributed by atoms with Crippen LogP contribution in [0.4, 0.5) is 0 Å². The van der Waals surface area contributed by atoms with Gasteiger partial charge in [-0.25, -0.2) is 0 Å². The number of halogens is 1. The lowest BCUT2D eigenvalue weighted by atomic mass is 10.1. The molecular weight excluding hydrogens is 272 g/mol. The summed E-state index contributed by atoms with van der Waals surface area (Å²) in [6.45, 7) is 2.99. The molecule has 0 aliphatic carbocycles. The number of nitrogens with one attached hydrogen (secondary N) is 1. The summed E-state index contributed by atoms with van der Waals surface area (Å²) in [5.41, 5.74) is 0.366. The molecule has 2 rings (SSSR count). The van der Waals surface area contributed by atoms with E-state index in [1.54, 1.807) is 17.0 Å². The summed E-state index contributed by atoms with van der Waals surface area (Å²) in [6, 6.07) is 4.94. The van der Waals surface area contributed by atoms with Crippen molar-refractivity contribution in [2.75, 3.05) is 26.2 Å². The number of carbonyl (C=O) groups excluding carboxylic acids is 1. The fourth-order valence-electron chi connectivity index (χ4n) is 1.72. The van der Waals surface area contributed by atoms with Crippen LogP contribution in [0.5, 0.6) is 5.75 Å². The van der Waals surface area contributed by atoms with E-state index in [0.29, 0.717) is 18.7 Å². The van der Waals surface area contributed by atoms with Gasteiger partial charge >= 0.3 is 0 Å². The second-order valence-corrected chi connectivity index (χ2v) is 4.62. The standard InChI is InChI=1S/C11H13BrN2O2/c12-8-1-2-9(10(15)7-8)11(16)14-5-3-13-4-6-14/h1-2,7,13,15H,3-6H2. The van der Waals surface area contributed by atoms with E-state index < -0.39 is 0 Å². The first kappa shape index (κ1) is 11.4. The van der Waals surface area contributed by atoms with Crippen LogP contribution in [0, 0.1) is 0 Å². The lowest BCUT2D eigenvalue weighted by molar-refractivity contribution is 0.0733. The Morgan fingerprint density at radius 1 is 1.38 bits per heavy atom. The molecule has 1 fully saturated rings. The maximum absolute atomic E-state index is 12.1. The van der Waals surface area contributed by atoms with Crippen LogP contribution in [0.15, 0.2) is 22.7 Å². The van der Waals surface area contributed by atoms with E-state index in [9.17, 15) is 9.90 Å². The van der Waals surface area contributed by atoms with E-state index in [0.717, 1.165) is 17.6 Å². The molecule has 0 bridgehead atoms. The van der Waals surface area contributed by atoms with Gasteiger partial charge in [-0.3, -0.25) is 4.79 Å². The number of nitrogens with zero attached hydrogens (tertiary/aromatic N) is 1. The molecule has 1 aliphatic rings. The Kier molecular flexibility index (Phi) is 3.46. The normalized spacial score (nSPS) is 16.2. The third-order valence-corrected chi connectivity index (χ3v) is 3.09. The van der Waals surface area contributed by atoms with Crippen molar-refractivity contribution in [2.24, 2.45) is 0 Å². The Morgan fingerprint density at radius 3 is 2.69 bits per heavy atom. The molecule has 1 amide bonds. The Balaban J connectivity index is 2.19. The predicted octanol–water partition coefficient (Wildman–Crippen LogP) is 1.20. The molecule has 1 aromatic carbocycles. The number of aromatic hydroxyl groups is 1. The lowest BCUT2D eigenvalue weighted by Crippen LogP contribution is -2.46. The largest absolute Gasteiger partial charge is 0.507 e. The zero-order valence-corrected chi connectivity index (χ0v) is 10.3. The van der Waals surface area contributed by atoms with Crippen molar-refractivity contribution in [2.45, 2.75) is 0 Å². The highest BCUT2D eigenvalue weighted by Crippen LogP contribution is 2.23. The van der Waals surface area contributed by atoms with Gasteiger partial charge in [-0.15, -0.1) is 0 Å². The number of phenolic OH excluding ortho intramolecular Hbond substituents is 1. The molecule has 1 saturated heterocycles. The van der Waals surface area contributed by atoms with Crippen LogP contribution in [-0.4, -0.2) is 42.1 Å². The topological polar surface area (TPSA) is 52.6 Å². The molecule has 0 spiro atoms. The van der Waals surface area contributed by atoms with Crippen LogP contribution in [0.1, 0.15) is 10.4 Å². The molecule has 0 aromatic heterocycles. The Hall–Kier alpha value is -1.07. The van der Waals surface area contributed by atoms with Gasteiger partial charge in [0, 0.05) is 30.7 Å². The smallest absolute Gasteiger partial charge is 0.257 e. The fraction of sp³-hybridized carbons (Fsp3) is 0.364. The van der Waals surface area contributed by atoms with E-state index in [-0.39, 0.29) is 11.7 Å². The van der Waals surface area contributed by atoms with E-state index in [1.807, 2.05) is 0 Å². The van der Waals surface area contributed by atoms with E-state index in [2.05, 4.69) is 21.2 Å². The van der Waals surface area contributed by atoms with Crippen molar-refractivity contribution in [3.63, 3.8) is 0 Å². The van der Waals surface area contributed by atoms with Crippen LogP contribution in [-0.2, 0) is 0 Å². The molecule has 0 atom stereocenters. The third kappa shape index (κ3) is 2.36. The fourth-order valence-corrected chi connectivity index (χ4v) is 2.07. The van der Waals surface area contributed by atoms with E-state index in [1.165, 1.54) is 6.07 Å². The van der Waals surface area contributed by atoms with Gasteiger partial charge in [0.1, 0.15) is 5.75 Å². The number of carbonyl (C=O) groups is 1. The molecule has 1 aromatic rings. The second kappa shape index (κ2) is 4.84. The first-order chi connectivity index (χ1) is 7.68. The minimum Gasteiger partial charge on any atom is -0.507 e. The predicted molar refractivity (Wildman–Crippen MR) is 64.6 cm³/mol. The maximum Gasteiger partial charge on any atom is 0.257 e. The van der Waals surface area contributed by atoms with Gasteiger partial charge in [-0.2, -0.15) is 0 Å². The first-order valence-corrected chi connectivity index (χ1v) is 5.96. The van der Waals surface area contributed by atoms with Gasteiger partial charge in [0.2, 0.25) is 0 Å². The van der Waals surface area contributed by atoms with Gasteiger partial charge in [-0.05, 0) is 18.2 Å². The van der Waals surface area contributed by atoms with Gasteiger partial charge in [0.25, 0.3) is 5.91 Å². The lowest BCUT2D eigenvalue weighted by Gasteiger charge is -2.27. The molecule has 0 radical (unpaired) electrons. The second-order valence-electron chi connectivity index (χ2n) is 3.70. The third-order valence-electron chi connectivity index (χ3n) is 2.59. The summed E-state index contributed by atoms with van der Waals surface area (Å²) >= 11 is 3.25. The Morgan fingerprint density at radius 2 is 2.06 bits per heavy atom. The summed E-state index contributed by atoms with van der Waals surface area (Å²) in [4.78, 5) is 13.8. The number of rotatable bonds is 1. The summed E-state index contributed by atoms with van der Waals surface area (Å²) in [7, 11) is 0. The average molecular weight is 285 g/mol. The molecular formula is C11H13BrN2O2. The highest BCUT2D eigenvalue weighted by molar-refractivity contribution is 9.10. The molecule has 2 N–H and O–H groups in total. The summed E-state index contributed by atoms with van der Waals surface area (Å²) in [5.74, 6) is -0.0793. The molecule has 1 aliphatic heterocycles. The van der Waals surface area contributed by atoms with Gasteiger partial charge in [0.05, 0.1) is 5.56 Å². The number of hydrogen-bond acceptors (Lipinski definition) is 3. The number of amides is 1. The maximum atomic E-state index is 12.1. The van der Waals surface area contributed by atoms with Gasteiger partial charge in [-0.1, -0.05) is 15.9 Å². The highest BCUT2D eigenvalue weighted by Gasteiger charge is 2.20. The Bertz CT molecular complexity index is 403.